The van der Waals surface area contributed by atoms with Crippen LogP contribution in [0.25, 0.3) is 5.65 Å². The summed E-state index contributed by atoms with van der Waals surface area (Å²) in [7, 11) is -2.59. The van der Waals surface area contributed by atoms with Crippen molar-refractivity contribution < 1.29 is 27.8 Å². The molecule has 0 spiro atoms. The summed E-state index contributed by atoms with van der Waals surface area (Å²) in [4.78, 5) is 41.8. The number of ether oxygens (including phenoxy) is 1. The number of carbonyl (C=O) groups is 2. The van der Waals surface area contributed by atoms with Gasteiger partial charge in [0.25, 0.3) is 5.56 Å². The van der Waals surface area contributed by atoms with Gasteiger partial charge in [-0.2, -0.15) is 20.2 Å². The van der Waals surface area contributed by atoms with Crippen molar-refractivity contribution in [1.29, 1.82) is 0 Å². The van der Waals surface area contributed by atoms with Gasteiger partial charge < -0.3 is 14.6 Å². The zero-order valence-corrected chi connectivity index (χ0v) is 19.1. The van der Waals surface area contributed by atoms with Crippen LogP contribution in [-0.2, 0) is 16.1 Å². The molecule has 1 amide bonds. The average Bonchev–Trinajstić information content (AvgIpc) is 3.23. The lowest BCUT2D eigenvalue weighted by atomic mass is 9.99. The van der Waals surface area contributed by atoms with Crippen molar-refractivity contribution in [2.45, 2.75) is 32.2 Å². The summed E-state index contributed by atoms with van der Waals surface area (Å²) in [5.74, 6) is -1.37. The van der Waals surface area contributed by atoms with Gasteiger partial charge in [-0.25, -0.2) is 14.2 Å². The molecule has 0 radical (unpaired) electrons. The van der Waals surface area contributed by atoms with Crippen LogP contribution in [0.4, 0.5) is 10.2 Å². The number of fused-ring (bicyclic) bond motifs is 1. The van der Waals surface area contributed by atoms with E-state index in [4.69, 9.17) is 4.74 Å². The summed E-state index contributed by atoms with van der Waals surface area (Å²) in [6.45, 7) is 1.38. The highest BCUT2D eigenvalue weighted by atomic mass is 32.3. The van der Waals surface area contributed by atoms with Crippen molar-refractivity contribution in [3.63, 3.8) is 0 Å². The largest absolute Gasteiger partial charge is 0.462 e. The molecular formula is C21H24FN5O6S. The van der Waals surface area contributed by atoms with Crippen LogP contribution in [0.5, 0.6) is 0 Å². The minimum Gasteiger partial charge on any atom is -0.462 e. The lowest BCUT2D eigenvalue weighted by Crippen LogP contribution is -2.29. The van der Waals surface area contributed by atoms with E-state index < -0.39 is 33.8 Å². The van der Waals surface area contributed by atoms with Crippen LogP contribution in [0.2, 0.25) is 0 Å². The predicted molar refractivity (Wildman–Crippen MR) is 123 cm³/mol. The van der Waals surface area contributed by atoms with Crippen LogP contribution >= 0.6 is 10.6 Å². The molecule has 4 heterocycles. The zero-order valence-electron chi connectivity index (χ0n) is 18.3. The van der Waals surface area contributed by atoms with Gasteiger partial charge in [0.15, 0.2) is 0 Å². The van der Waals surface area contributed by atoms with Gasteiger partial charge in [0, 0.05) is 29.7 Å². The third-order valence-electron chi connectivity index (χ3n) is 5.52. The number of halogens is 1. The Balaban J connectivity index is 1.69. The number of rotatable bonds is 6. The van der Waals surface area contributed by atoms with Crippen molar-refractivity contribution in [2.24, 2.45) is 0 Å². The summed E-state index contributed by atoms with van der Waals surface area (Å²) in [5, 5.41) is 6.92. The number of esters is 1. The molecule has 182 valence electrons. The van der Waals surface area contributed by atoms with Gasteiger partial charge in [0.1, 0.15) is 29.4 Å². The molecule has 34 heavy (non-hydrogen) atoms. The number of aromatic nitrogens is 4. The quantitative estimate of drug-likeness (QED) is 0.444. The highest BCUT2D eigenvalue weighted by Crippen LogP contribution is 2.48. The van der Waals surface area contributed by atoms with E-state index in [1.54, 1.807) is 13.0 Å². The van der Waals surface area contributed by atoms with Crippen molar-refractivity contribution in [1.82, 2.24) is 19.2 Å². The minimum absolute atomic E-state index is 0.0614. The zero-order chi connectivity index (χ0) is 24.5. The number of pyridine rings is 1. The number of hydrogen-bond donors (Lipinski definition) is 3. The minimum atomic E-state index is -2.59. The fraction of sp³-hybridized carbons (Fsp3) is 0.381. The second kappa shape index (κ2) is 9.52. The first-order valence-corrected chi connectivity index (χ1v) is 12.5. The highest BCUT2D eigenvalue weighted by Gasteiger charge is 2.28. The van der Waals surface area contributed by atoms with E-state index >= 15 is 0 Å². The van der Waals surface area contributed by atoms with Crippen molar-refractivity contribution >= 4 is 33.9 Å². The van der Waals surface area contributed by atoms with Crippen LogP contribution in [0, 0.1) is 5.82 Å². The highest BCUT2D eigenvalue weighted by molar-refractivity contribution is 8.24. The number of nitrogens with one attached hydrogen (secondary N) is 1. The molecule has 1 saturated heterocycles. The van der Waals surface area contributed by atoms with E-state index in [1.165, 1.54) is 16.8 Å². The molecule has 3 aromatic heterocycles. The Labute approximate surface area is 194 Å². The van der Waals surface area contributed by atoms with Crippen LogP contribution in [-0.4, -0.2) is 58.3 Å². The molecule has 4 rings (SSSR count). The summed E-state index contributed by atoms with van der Waals surface area (Å²) >= 11 is 0. The lowest BCUT2D eigenvalue weighted by molar-refractivity contribution is -0.116. The van der Waals surface area contributed by atoms with Gasteiger partial charge in [0.05, 0.1) is 18.5 Å². The summed E-state index contributed by atoms with van der Waals surface area (Å²) in [5.41, 5.74) is -0.124. The predicted octanol–water partition coefficient (Wildman–Crippen LogP) is 2.47. The molecule has 1 aliphatic rings. The maximum atomic E-state index is 13.1. The van der Waals surface area contributed by atoms with Gasteiger partial charge in [0.2, 0.25) is 5.91 Å². The van der Waals surface area contributed by atoms with E-state index in [-0.39, 0.29) is 47.6 Å². The molecule has 1 fully saturated rings. The molecule has 13 heteroatoms. The molecule has 1 aliphatic heterocycles. The lowest BCUT2D eigenvalue weighted by Gasteiger charge is -2.38. The number of hydrogen-bond acceptors (Lipinski definition) is 8. The Morgan fingerprint density at radius 2 is 2.03 bits per heavy atom. The van der Waals surface area contributed by atoms with Crippen molar-refractivity contribution in [2.75, 3.05) is 23.4 Å². The third kappa shape index (κ3) is 5.11. The maximum absolute atomic E-state index is 13.1. The fourth-order valence-electron chi connectivity index (χ4n) is 3.80. The first kappa shape index (κ1) is 23.9. The number of anilines is 1. The molecule has 0 bridgehead atoms. The van der Waals surface area contributed by atoms with Crippen molar-refractivity contribution in [3.05, 3.63) is 58.0 Å². The molecule has 0 aromatic carbocycles. The van der Waals surface area contributed by atoms with Gasteiger partial charge in [-0.1, -0.05) is 0 Å². The molecule has 0 unspecified atom stereocenters. The first-order valence-electron chi connectivity index (χ1n) is 10.6. The van der Waals surface area contributed by atoms with E-state index in [2.05, 4.69) is 15.4 Å². The van der Waals surface area contributed by atoms with Crippen LogP contribution in [0.1, 0.15) is 41.7 Å². The molecule has 3 N–H and O–H groups in total. The smallest absolute Gasteiger partial charge is 0.345 e. The Morgan fingerprint density at radius 1 is 1.29 bits per heavy atom. The van der Waals surface area contributed by atoms with Gasteiger partial charge in [-0.3, -0.25) is 18.7 Å². The van der Waals surface area contributed by atoms with Gasteiger partial charge in [-0.15, -0.1) is 0 Å². The third-order valence-corrected chi connectivity index (χ3v) is 7.30. The SMILES string of the molecule is CCOC(=O)c1cn(CC(=O)Nc2ccc(F)cn2)c2cc(C3CCS(O)(O)CC3)nn2c1=O. The average molecular weight is 494 g/mol. The van der Waals surface area contributed by atoms with Crippen LogP contribution in [0.3, 0.4) is 0 Å². The topological polar surface area (TPSA) is 148 Å². The van der Waals surface area contributed by atoms with E-state index in [0.29, 0.717) is 18.5 Å². The van der Waals surface area contributed by atoms with Crippen molar-refractivity contribution in [3.8, 4) is 0 Å². The van der Waals surface area contributed by atoms with E-state index in [9.17, 15) is 27.9 Å². The normalized spacial score (nSPS) is 16.8. The second-order valence-corrected chi connectivity index (χ2v) is 10.4. The molecule has 0 saturated carbocycles. The van der Waals surface area contributed by atoms with Gasteiger partial charge in [-0.05, 0) is 31.9 Å². The van der Waals surface area contributed by atoms with Gasteiger partial charge >= 0.3 is 5.97 Å². The Kier molecular flexibility index (Phi) is 6.68. The number of amides is 1. The molecule has 11 nitrogen and oxygen atoms in total. The van der Waals surface area contributed by atoms with E-state index in [0.717, 1.165) is 16.8 Å². The van der Waals surface area contributed by atoms with Crippen LogP contribution in [0.15, 0.2) is 35.4 Å². The molecule has 3 aromatic rings. The summed E-state index contributed by atoms with van der Waals surface area (Å²) < 4.78 is 40.3. The standard InChI is InChI=1S/C21H24FN5O6S/c1-2-33-21(30)15-11-26(12-18(28)24-17-4-3-14(22)10-23-17)19-9-16(25-27(19)20(15)29)13-5-7-34(31,32)8-6-13/h3-4,9-11,13,31-32H,2,5-8,12H2,1H3,(H,23,24,28). The first-order chi connectivity index (χ1) is 16.2. The van der Waals surface area contributed by atoms with Crippen LogP contribution < -0.4 is 10.9 Å². The molecule has 0 atom stereocenters. The summed E-state index contributed by atoms with van der Waals surface area (Å²) in [6.07, 6.45) is 3.19. The molecular weight excluding hydrogens is 469 g/mol. The maximum Gasteiger partial charge on any atom is 0.345 e. The summed E-state index contributed by atoms with van der Waals surface area (Å²) in [6, 6.07) is 4.12. The Hall–Kier alpha value is -3.29. The monoisotopic (exact) mass is 493 g/mol. The Bertz CT molecular complexity index is 1280. The molecule has 0 aliphatic carbocycles. The Morgan fingerprint density at radius 3 is 2.68 bits per heavy atom. The number of nitrogens with zero attached hydrogens (tertiary/aromatic N) is 4. The number of carbonyl (C=O) groups excluding carboxylic acids is 2. The fourth-order valence-corrected chi connectivity index (χ4v) is 5.33. The second-order valence-electron chi connectivity index (χ2n) is 7.93. The van der Waals surface area contributed by atoms with E-state index in [1.807, 2.05) is 0 Å².